The van der Waals surface area contributed by atoms with Gasteiger partial charge in [-0.25, -0.2) is 0 Å². The maximum Gasteiger partial charge on any atom is 0.405 e. The van der Waals surface area contributed by atoms with E-state index in [0.29, 0.717) is 45.0 Å². The smallest absolute Gasteiger partial charge is 0.372 e. The average Bonchev–Trinajstić information content (AvgIpc) is 3.02. The van der Waals surface area contributed by atoms with Crippen molar-refractivity contribution >= 4 is 5.91 Å². The molecule has 1 amide bonds. The molecule has 132 valence electrons. The number of hydrogen-bond acceptors (Lipinski definition) is 4. The van der Waals surface area contributed by atoms with E-state index in [9.17, 15) is 18.0 Å². The minimum absolute atomic E-state index is 0.316. The quantitative estimate of drug-likeness (QED) is 0.865. The molecule has 2 N–H and O–H groups in total. The summed E-state index contributed by atoms with van der Waals surface area (Å²) in [6.45, 7) is 2.16. The van der Waals surface area contributed by atoms with Crippen LogP contribution in [0.15, 0.2) is 18.2 Å². The normalized spacial score (nSPS) is 19.8. The van der Waals surface area contributed by atoms with E-state index in [1.807, 2.05) is 0 Å². The lowest BCUT2D eigenvalue weighted by Gasteiger charge is -2.35. The highest BCUT2D eigenvalue weighted by Gasteiger charge is 2.43. The highest BCUT2D eigenvalue weighted by Crippen LogP contribution is 2.25. The van der Waals surface area contributed by atoms with Crippen LogP contribution < -0.4 is 10.6 Å². The molecule has 0 aliphatic carbocycles. The number of rotatable bonds is 4. The summed E-state index contributed by atoms with van der Waals surface area (Å²) >= 11 is 0. The van der Waals surface area contributed by atoms with Gasteiger partial charge in [0.2, 0.25) is 0 Å². The summed E-state index contributed by atoms with van der Waals surface area (Å²) in [7, 11) is 0. The topological polar surface area (TPSA) is 53.6 Å². The van der Waals surface area contributed by atoms with Crippen molar-refractivity contribution in [2.24, 2.45) is 0 Å². The van der Waals surface area contributed by atoms with Crippen molar-refractivity contribution in [3.63, 3.8) is 0 Å². The highest BCUT2D eigenvalue weighted by molar-refractivity contribution is 5.94. The second-order valence-corrected chi connectivity index (χ2v) is 6.03. The fourth-order valence-electron chi connectivity index (χ4n) is 3.05. The Morgan fingerprint density at radius 1 is 1.25 bits per heavy atom. The molecule has 1 aromatic rings. The van der Waals surface area contributed by atoms with Crippen LogP contribution >= 0.6 is 0 Å². The third-order valence-electron chi connectivity index (χ3n) is 4.41. The Balaban J connectivity index is 1.64. The zero-order valence-electron chi connectivity index (χ0n) is 13.2. The van der Waals surface area contributed by atoms with Gasteiger partial charge in [-0.2, -0.15) is 13.2 Å². The Hall–Kier alpha value is -1.64. The molecule has 0 bridgehead atoms. The molecule has 8 heteroatoms. The van der Waals surface area contributed by atoms with Gasteiger partial charge in [0.25, 0.3) is 5.91 Å². The Kier molecular flexibility index (Phi) is 5.07. The number of piperazine rings is 1. The lowest BCUT2D eigenvalue weighted by atomic mass is 10.1. The van der Waals surface area contributed by atoms with Crippen LogP contribution in [-0.2, 0) is 18.0 Å². The van der Waals surface area contributed by atoms with Crippen LogP contribution in [0.1, 0.15) is 21.5 Å². The first kappa shape index (κ1) is 17.2. The van der Waals surface area contributed by atoms with Gasteiger partial charge in [-0.3, -0.25) is 9.69 Å². The fourth-order valence-corrected chi connectivity index (χ4v) is 3.05. The van der Waals surface area contributed by atoms with E-state index in [2.05, 4.69) is 10.6 Å². The van der Waals surface area contributed by atoms with E-state index in [1.54, 1.807) is 18.2 Å². The number of benzene rings is 1. The lowest BCUT2D eigenvalue weighted by molar-refractivity contribution is -0.183. The van der Waals surface area contributed by atoms with Crippen LogP contribution in [0.2, 0.25) is 0 Å². The van der Waals surface area contributed by atoms with Gasteiger partial charge in [-0.1, -0.05) is 6.07 Å². The molecule has 1 atom stereocenters. The van der Waals surface area contributed by atoms with Crippen molar-refractivity contribution in [2.75, 3.05) is 32.7 Å². The van der Waals surface area contributed by atoms with Gasteiger partial charge < -0.3 is 15.4 Å². The Labute approximate surface area is 138 Å². The van der Waals surface area contributed by atoms with Crippen molar-refractivity contribution in [2.45, 2.75) is 25.4 Å². The number of fused-ring (bicyclic) bond motifs is 1. The first-order valence-corrected chi connectivity index (χ1v) is 7.94. The predicted octanol–water partition coefficient (Wildman–Crippen LogP) is 1.28. The summed E-state index contributed by atoms with van der Waals surface area (Å²) < 4.78 is 45.2. The molecule has 0 saturated carbocycles. The van der Waals surface area contributed by atoms with E-state index in [4.69, 9.17) is 4.74 Å². The molecule has 3 rings (SSSR count). The van der Waals surface area contributed by atoms with Gasteiger partial charge in [0.15, 0.2) is 0 Å². The number of nitrogens with zero attached hydrogens (tertiary/aromatic N) is 1. The molecule has 24 heavy (non-hydrogen) atoms. The average molecular weight is 343 g/mol. The van der Waals surface area contributed by atoms with Crippen LogP contribution in [0.5, 0.6) is 0 Å². The maximum atomic E-state index is 13.3. The van der Waals surface area contributed by atoms with E-state index < -0.39 is 24.7 Å². The number of alkyl halides is 3. The minimum Gasteiger partial charge on any atom is -0.372 e. The van der Waals surface area contributed by atoms with Gasteiger partial charge in [-0.05, 0) is 23.3 Å². The van der Waals surface area contributed by atoms with Crippen LogP contribution in [0.25, 0.3) is 0 Å². The molecule has 2 aliphatic rings. The number of amides is 1. The van der Waals surface area contributed by atoms with Crippen LogP contribution in [0.3, 0.4) is 0 Å². The second-order valence-electron chi connectivity index (χ2n) is 6.03. The molecule has 0 spiro atoms. The van der Waals surface area contributed by atoms with E-state index in [0.717, 1.165) is 11.1 Å². The van der Waals surface area contributed by atoms with Gasteiger partial charge >= 0.3 is 6.18 Å². The third kappa shape index (κ3) is 3.88. The van der Waals surface area contributed by atoms with Gasteiger partial charge in [0, 0.05) is 38.3 Å². The number of halogens is 3. The van der Waals surface area contributed by atoms with Gasteiger partial charge in [-0.15, -0.1) is 0 Å². The second kappa shape index (κ2) is 7.08. The van der Waals surface area contributed by atoms with Crippen LogP contribution in [-0.4, -0.2) is 55.7 Å². The van der Waals surface area contributed by atoms with E-state index in [-0.39, 0.29) is 0 Å². The van der Waals surface area contributed by atoms with Crippen molar-refractivity contribution in [1.29, 1.82) is 0 Å². The summed E-state index contributed by atoms with van der Waals surface area (Å²) in [5.41, 5.74) is 2.29. The highest BCUT2D eigenvalue weighted by atomic mass is 19.4. The van der Waals surface area contributed by atoms with Crippen molar-refractivity contribution in [3.8, 4) is 0 Å². The molecule has 1 fully saturated rings. The van der Waals surface area contributed by atoms with Crippen LogP contribution in [0, 0.1) is 0 Å². The van der Waals surface area contributed by atoms with E-state index >= 15 is 0 Å². The summed E-state index contributed by atoms with van der Waals surface area (Å²) in [5.74, 6) is -0.492. The predicted molar refractivity (Wildman–Crippen MR) is 81.6 cm³/mol. The first-order chi connectivity index (χ1) is 11.4. The van der Waals surface area contributed by atoms with Gasteiger partial charge in [0.1, 0.15) is 6.04 Å². The number of ether oxygens (including phenoxy) is 1. The van der Waals surface area contributed by atoms with Crippen molar-refractivity contribution in [3.05, 3.63) is 34.9 Å². The zero-order valence-corrected chi connectivity index (χ0v) is 13.2. The SMILES string of the molecule is O=C(NCC(N1CCNCC1)C(F)(F)F)c1ccc2c(c1)COC2. The number of carbonyl (C=O) groups is 1. The molecule has 0 aromatic heterocycles. The van der Waals surface area contributed by atoms with E-state index in [1.165, 1.54) is 4.90 Å². The standard InChI is InChI=1S/C16H20F3N3O2/c17-16(18,19)14(22-5-3-20-4-6-22)8-21-15(23)11-1-2-12-9-24-10-13(12)7-11/h1-2,7,14,20H,3-6,8-10H2,(H,21,23). The van der Waals surface area contributed by atoms with Gasteiger partial charge in [0.05, 0.1) is 13.2 Å². The minimum atomic E-state index is -4.38. The molecular weight excluding hydrogens is 323 g/mol. The summed E-state index contributed by atoms with van der Waals surface area (Å²) in [6, 6.07) is 3.43. The third-order valence-corrected chi connectivity index (χ3v) is 4.41. The molecule has 1 saturated heterocycles. The van der Waals surface area contributed by atoms with Crippen molar-refractivity contribution < 1.29 is 22.7 Å². The molecule has 1 unspecified atom stereocenters. The number of hydrogen-bond donors (Lipinski definition) is 2. The van der Waals surface area contributed by atoms with Crippen molar-refractivity contribution in [1.82, 2.24) is 15.5 Å². The fraction of sp³-hybridized carbons (Fsp3) is 0.562. The molecule has 2 aliphatic heterocycles. The summed E-state index contributed by atoms with van der Waals surface area (Å²) in [4.78, 5) is 13.6. The van der Waals surface area contributed by atoms with Crippen LogP contribution in [0.4, 0.5) is 13.2 Å². The lowest BCUT2D eigenvalue weighted by Crippen LogP contribution is -2.57. The largest absolute Gasteiger partial charge is 0.405 e. The molecule has 5 nitrogen and oxygen atoms in total. The monoisotopic (exact) mass is 343 g/mol. The Bertz CT molecular complexity index is 601. The maximum absolute atomic E-state index is 13.3. The zero-order chi connectivity index (χ0) is 17.2. The Morgan fingerprint density at radius 2 is 1.96 bits per heavy atom. The molecular formula is C16H20F3N3O2. The number of nitrogens with one attached hydrogen (secondary N) is 2. The molecule has 0 radical (unpaired) electrons. The Morgan fingerprint density at radius 3 is 2.67 bits per heavy atom. The molecule has 2 heterocycles. The first-order valence-electron chi connectivity index (χ1n) is 7.94. The molecule has 1 aromatic carbocycles. The summed E-state index contributed by atoms with van der Waals surface area (Å²) in [6.07, 6.45) is -4.38. The number of carbonyl (C=O) groups excluding carboxylic acids is 1. The summed E-state index contributed by atoms with van der Waals surface area (Å²) in [5, 5.41) is 5.46.